The van der Waals surface area contributed by atoms with Gasteiger partial charge in [0.1, 0.15) is 30.0 Å². The molecule has 2 aliphatic heterocycles. The molecule has 3 heterocycles. The lowest BCUT2D eigenvalue weighted by Gasteiger charge is -2.31. The van der Waals surface area contributed by atoms with Crippen LogP contribution in [0, 0.1) is 11.7 Å². The number of carbonyl (C=O) groups excluding carboxylic acids is 3. The number of benzene rings is 2. The van der Waals surface area contributed by atoms with Crippen LogP contribution in [0.1, 0.15) is 46.7 Å². The number of carbonyl (C=O) groups is 3. The number of morpholine rings is 1. The third kappa shape index (κ3) is 8.76. The van der Waals surface area contributed by atoms with Crippen molar-refractivity contribution in [3.8, 4) is 11.5 Å². The molecule has 252 valence electrons. The standard InChI is InChI=1S/C33H42FN7O6/c1-22(2)18-27-32(43)35-9-11-40(33(44)23-4-6-30(45-3)28(19-23)39-12-15-46-16-13-39)10-8-25-21-41(38-37-25)14-17-47-29-7-5-24(34)20-26(29)31(42)36-27/h4-7,19-22,27H,8-18H2,1-3H3,(H,35,43)(H,36,42)/t27-/m1/s1. The van der Waals surface area contributed by atoms with Gasteiger partial charge in [-0.15, -0.1) is 5.10 Å². The highest BCUT2D eigenvalue weighted by molar-refractivity contribution is 5.99. The molecule has 2 aromatic carbocycles. The fourth-order valence-electron chi connectivity index (χ4n) is 5.61. The van der Waals surface area contributed by atoms with Gasteiger partial charge in [-0.25, -0.2) is 9.07 Å². The number of amides is 3. The first-order chi connectivity index (χ1) is 22.7. The average molecular weight is 652 g/mol. The molecule has 14 heteroatoms. The lowest BCUT2D eigenvalue weighted by atomic mass is 10.0. The van der Waals surface area contributed by atoms with Crippen molar-refractivity contribution in [3.05, 3.63) is 65.2 Å². The first kappa shape index (κ1) is 33.6. The number of hydrogen-bond donors (Lipinski definition) is 2. The summed E-state index contributed by atoms with van der Waals surface area (Å²) in [7, 11) is 1.60. The van der Waals surface area contributed by atoms with Crippen LogP contribution in [0.15, 0.2) is 42.6 Å². The molecule has 47 heavy (non-hydrogen) atoms. The van der Waals surface area contributed by atoms with Crippen molar-refractivity contribution in [2.45, 2.75) is 39.3 Å². The van der Waals surface area contributed by atoms with Gasteiger partial charge in [-0.05, 0) is 48.7 Å². The van der Waals surface area contributed by atoms with E-state index in [1.54, 1.807) is 35.0 Å². The molecule has 3 aromatic rings. The summed E-state index contributed by atoms with van der Waals surface area (Å²) in [6.45, 7) is 7.55. The molecule has 13 nitrogen and oxygen atoms in total. The van der Waals surface area contributed by atoms with Gasteiger partial charge in [0.15, 0.2) is 0 Å². The van der Waals surface area contributed by atoms with E-state index in [1.165, 1.54) is 12.1 Å². The number of halogens is 1. The molecule has 5 rings (SSSR count). The van der Waals surface area contributed by atoms with Gasteiger partial charge in [0, 0.05) is 50.9 Å². The Bertz CT molecular complexity index is 1560. The molecule has 0 aliphatic carbocycles. The van der Waals surface area contributed by atoms with E-state index in [2.05, 4.69) is 25.8 Å². The van der Waals surface area contributed by atoms with Gasteiger partial charge in [-0.2, -0.15) is 0 Å². The minimum atomic E-state index is -0.885. The third-order valence-corrected chi connectivity index (χ3v) is 8.06. The van der Waals surface area contributed by atoms with Crippen LogP contribution in [-0.2, 0) is 22.5 Å². The van der Waals surface area contributed by atoms with Crippen molar-refractivity contribution in [2.75, 3.05) is 64.6 Å². The average Bonchev–Trinajstić information content (AvgIpc) is 3.53. The Balaban J connectivity index is 1.39. The summed E-state index contributed by atoms with van der Waals surface area (Å²) in [4.78, 5) is 44.5. The molecule has 0 unspecified atom stereocenters. The highest BCUT2D eigenvalue weighted by Crippen LogP contribution is 2.30. The van der Waals surface area contributed by atoms with Crippen LogP contribution >= 0.6 is 0 Å². The van der Waals surface area contributed by atoms with Crippen LogP contribution in [0.2, 0.25) is 0 Å². The first-order valence-electron chi connectivity index (χ1n) is 15.9. The molecular weight excluding hydrogens is 609 g/mol. The fraction of sp³-hybridized carbons (Fsp3) is 0.485. The number of aromatic nitrogens is 3. The normalized spacial score (nSPS) is 18.4. The van der Waals surface area contributed by atoms with Crippen LogP contribution in [0.4, 0.5) is 10.1 Å². The van der Waals surface area contributed by atoms with E-state index in [0.717, 1.165) is 11.8 Å². The van der Waals surface area contributed by atoms with E-state index in [1.807, 2.05) is 19.9 Å². The molecule has 1 saturated heterocycles. The van der Waals surface area contributed by atoms with Crippen LogP contribution in [-0.4, -0.2) is 103 Å². The van der Waals surface area contributed by atoms with Crippen molar-refractivity contribution >= 4 is 23.4 Å². The summed E-state index contributed by atoms with van der Waals surface area (Å²) in [5.41, 5.74) is 1.96. The smallest absolute Gasteiger partial charge is 0.255 e. The van der Waals surface area contributed by atoms with Crippen molar-refractivity contribution in [1.29, 1.82) is 0 Å². The molecule has 2 bridgehead atoms. The van der Waals surface area contributed by atoms with Crippen molar-refractivity contribution in [1.82, 2.24) is 30.5 Å². The molecule has 0 radical (unpaired) electrons. The van der Waals surface area contributed by atoms with Gasteiger partial charge in [0.05, 0.1) is 43.8 Å². The van der Waals surface area contributed by atoms with Crippen LogP contribution < -0.4 is 25.0 Å². The highest BCUT2D eigenvalue weighted by atomic mass is 19.1. The number of nitrogens with one attached hydrogen (secondary N) is 2. The SMILES string of the molecule is COc1ccc(C(=O)N2CCNC(=O)[C@@H](CC(C)C)NC(=O)c3cc(F)ccc3OCCn3cc(nn3)CC2)cc1N1CCOCC1. The second-order valence-electron chi connectivity index (χ2n) is 11.9. The molecule has 0 saturated carbocycles. The summed E-state index contributed by atoms with van der Waals surface area (Å²) in [6, 6.07) is 8.18. The number of methoxy groups -OCH3 is 1. The molecule has 2 N–H and O–H groups in total. The van der Waals surface area contributed by atoms with Crippen LogP contribution in [0.5, 0.6) is 11.5 Å². The molecule has 2 aliphatic rings. The molecular formula is C33H42FN7O6. The summed E-state index contributed by atoms with van der Waals surface area (Å²) < 4.78 is 32.8. The van der Waals surface area contributed by atoms with E-state index in [0.29, 0.717) is 69.2 Å². The zero-order valence-electron chi connectivity index (χ0n) is 27.0. The van der Waals surface area contributed by atoms with E-state index in [-0.39, 0.29) is 42.8 Å². The number of nitrogens with zero attached hydrogens (tertiary/aromatic N) is 5. The fourth-order valence-corrected chi connectivity index (χ4v) is 5.61. The molecule has 0 spiro atoms. The molecule has 3 amide bonds. The lowest BCUT2D eigenvalue weighted by molar-refractivity contribution is -0.123. The van der Waals surface area contributed by atoms with Crippen LogP contribution in [0.3, 0.4) is 0 Å². The van der Waals surface area contributed by atoms with Crippen molar-refractivity contribution in [2.24, 2.45) is 5.92 Å². The predicted octanol–water partition coefficient (Wildman–Crippen LogP) is 2.30. The van der Waals surface area contributed by atoms with Gasteiger partial charge in [0.2, 0.25) is 5.91 Å². The summed E-state index contributed by atoms with van der Waals surface area (Å²) in [5, 5.41) is 14.1. The quantitative estimate of drug-likeness (QED) is 0.426. The Morgan fingerprint density at radius 3 is 2.64 bits per heavy atom. The van der Waals surface area contributed by atoms with Gasteiger partial charge in [-0.1, -0.05) is 19.1 Å². The van der Waals surface area contributed by atoms with E-state index in [9.17, 15) is 18.8 Å². The van der Waals surface area contributed by atoms with Crippen molar-refractivity contribution < 1.29 is 33.0 Å². The topological polar surface area (TPSA) is 140 Å². The maximum absolute atomic E-state index is 14.2. The minimum Gasteiger partial charge on any atom is -0.495 e. The Kier molecular flexibility index (Phi) is 11.2. The molecule has 1 aromatic heterocycles. The van der Waals surface area contributed by atoms with Gasteiger partial charge in [-0.3, -0.25) is 14.4 Å². The number of anilines is 1. The summed E-state index contributed by atoms with van der Waals surface area (Å²) in [5.74, 6) is -0.908. The second kappa shape index (κ2) is 15.7. The van der Waals surface area contributed by atoms with E-state index >= 15 is 0 Å². The summed E-state index contributed by atoms with van der Waals surface area (Å²) in [6.07, 6.45) is 2.56. The lowest BCUT2D eigenvalue weighted by Crippen LogP contribution is -2.49. The maximum Gasteiger partial charge on any atom is 0.255 e. The van der Waals surface area contributed by atoms with Crippen molar-refractivity contribution in [3.63, 3.8) is 0 Å². The Morgan fingerprint density at radius 1 is 1.06 bits per heavy atom. The Labute approximate surface area is 273 Å². The predicted molar refractivity (Wildman–Crippen MR) is 171 cm³/mol. The number of fused-ring (bicyclic) bond motifs is 3. The van der Waals surface area contributed by atoms with Gasteiger partial charge >= 0.3 is 0 Å². The first-order valence-corrected chi connectivity index (χ1v) is 15.9. The molecule has 1 fully saturated rings. The van der Waals surface area contributed by atoms with Gasteiger partial charge < -0.3 is 34.6 Å². The minimum absolute atomic E-state index is 0.0142. The number of rotatable bonds is 5. The highest BCUT2D eigenvalue weighted by Gasteiger charge is 2.26. The largest absolute Gasteiger partial charge is 0.495 e. The van der Waals surface area contributed by atoms with Crippen LogP contribution in [0.25, 0.3) is 0 Å². The Morgan fingerprint density at radius 2 is 1.87 bits per heavy atom. The monoisotopic (exact) mass is 651 g/mol. The van der Waals surface area contributed by atoms with Gasteiger partial charge in [0.25, 0.3) is 11.8 Å². The number of hydrogen-bond acceptors (Lipinski definition) is 9. The van der Waals surface area contributed by atoms with E-state index < -0.39 is 23.7 Å². The third-order valence-electron chi connectivity index (χ3n) is 8.06. The number of ether oxygens (including phenoxy) is 3. The summed E-state index contributed by atoms with van der Waals surface area (Å²) >= 11 is 0. The zero-order chi connectivity index (χ0) is 33.3. The second-order valence-corrected chi connectivity index (χ2v) is 11.9. The maximum atomic E-state index is 14.2. The molecule has 1 atom stereocenters. The Hall–Kier alpha value is -4.72. The van der Waals surface area contributed by atoms with E-state index in [4.69, 9.17) is 14.2 Å². The zero-order valence-corrected chi connectivity index (χ0v) is 27.0.